The van der Waals surface area contributed by atoms with Crippen molar-refractivity contribution in [1.82, 2.24) is 4.90 Å². The fourth-order valence-electron chi connectivity index (χ4n) is 2.84. The van der Waals surface area contributed by atoms with E-state index in [0.29, 0.717) is 13.1 Å². The van der Waals surface area contributed by atoms with Gasteiger partial charge in [-0.05, 0) is 35.6 Å². The zero-order chi connectivity index (χ0) is 14.8. The number of nitrogens with zero attached hydrogens (tertiary/aromatic N) is 1. The Morgan fingerprint density at radius 1 is 1.24 bits per heavy atom. The highest BCUT2D eigenvalue weighted by molar-refractivity contribution is 7.12. The fourth-order valence-corrected chi connectivity index (χ4v) is 3.65. The van der Waals surface area contributed by atoms with Crippen LogP contribution in [0.2, 0.25) is 5.02 Å². The number of benzene rings is 1. The van der Waals surface area contributed by atoms with Crippen molar-refractivity contribution in [3.8, 4) is 0 Å². The lowest BCUT2D eigenvalue weighted by atomic mass is 9.88. The molecule has 1 amide bonds. The number of likely N-dealkylation sites (tertiary alicyclic amines) is 1. The molecule has 2 unspecified atom stereocenters. The smallest absolute Gasteiger partial charge is 0.263 e. The van der Waals surface area contributed by atoms with Gasteiger partial charge < -0.3 is 10.6 Å². The summed E-state index contributed by atoms with van der Waals surface area (Å²) >= 11 is 7.41. The van der Waals surface area contributed by atoms with Gasteiger partial charge in [-0.2, -0.15) is 0 Å². The highest BCUT2D eigenvalue weighted by Gasteiger charge is 2.29. The van der Waals surface area contributed by atoms with Crippen LogP contribution in [-0.2, 0) is 0 Å². The maximum Gasteiger partial charge on any atom is 0.263 e. The third kappa shape index (κ3) is 3.28. The molecule has 1 aliphatic heterocycles. The standard InChI is InChI=1S/C16H17ClN2OS/c17-13-5-3-11(4-6-13)12-8-14(18)10-19(9-12)16(20)15-2-1-7-21-15/h1-7,12,14H,8-10,18H2. The van der Waals surface area contributed by atoms with Crippen LogP contribution in [0.4, 0.5) is 0 Å². The van der Waals surface area contributed by atoms with Gasteiger partial charge in [-0.1, -0.05) is 29.8 Å². The first-order valence-corrected chi connectivity index (χ1v) is 8.23. The Morgan fingerprint density at radius 3 is 2.67 bits per heavy atom. The SMILES string of the molecule is NC1CC(c2ccc(Cl)cc2)CN(C(=O)c2cccs2)C1. The first-order chi connectivity index (χ1) is 10.1. The van der Waals surface area contributed by atoms with Gasteiger partial charge in [0.05, 0.1) is 4.88 Å². The van der Waals surface area contributed by atoms with Gasteiger partial charge in [0.25, 0.3) is 5.91 Å². The molecular formula is C16H17ClN2OS. The summed E-state index contributed by atoms with van der Waals surface area (Å²) in [6.45, 7) is 1.34. The third-order valence-corrected chi connectivity index (χ3v) is 4.95. The van der Waals surface area contributed by atoms with Crippen LogP contribution in [0.3, 0.4) is 0 Å². The van der Waals surface area contributed by atoms with Gasteiger partial charge in [-0.3, -0.25) is 4.79 Å². The molecule has 21 heavy (non-hydrogen) atoms. The van der Waals surface area contributed by atoms with Gasteiger partial charge >= 0.3 is 0 Å². The minimum absolute atomic E-state index is 0.0170. The molecule has 5 heteroatoms. The van der Waals surface area contributed by atoms with Crippen LogP contribution >= 0.6 is 22.9 Å². The van der Waals surface area contributed by atoms with E-state index in [1.807, 2.05) is 46.7 Å². The van der Waals surface area contributed by atoms with Crippen LogP contribution in [0, 0.1) is 0 Å². The van der Waals surface area contributed by atoms with E-state index < -0.39 is 0 Å². The second-order valence-electron chi connectivity index (χ2n) is 5.43. The predicted molar refractivity (Wildman–Crippen MR) is 87.0 cm³/mol. The summed E-state index contributed by atoms with van der Waals surface area (Å²) in [5.41, 5.74) is 7.35. The average molecular weight is 321 g/mol. The van der Waals surface area contributed by atoms with E-state index in [0.717, 1.165) is 16.3 Å². The molecule has 1 aliphatic rings. The fraction of sp³-hybridized carbons (Fsp3) is 0.312. The maximum absolute atomic E-state index is 12.5. The van der Waals surface area contributed by atoms with Crippen molar-refractivity contribution in [2.75, 3.05) is 13.1 Å². The molecule has 0 saturated carbocycles. The van der Waals surface area contributed by atoms with Gasteiger partial charge in [0.2, 0.25) is 0 Å². The minimum atomic E-state index is 0.0170. The number of hydrogen-bond donors (Lipinski definition) is 1. The molecule has 1 saturated heterocycles. The van der Waals surface area contributed by atoms with E-state index in [-0.39, 0.29) is 17.9 Å². The van der Waals surface area contributed by atoms with Crippen LogP contribution in [-0.4, -0.2) is 29.9 Å². The number of amides is 1. The molecule has 1 aromatic heterocycles. The number of thiophene rings is 1. The van der Waals surface area contributed by atoms with Crippen molar-refractivity contribution >= 4 is 28.8 Å². The maximum atomic E-state index is 12.5. The molecule has 3 nitrogen and oxygen atoms in total. The van der Waals surface area contributed by atoms with Crippen LogP contribution in [0.25, 0.3) is 0 Å². The van der Waals surface area contributed by atoms with Crippen LogP contribution < -0.4 is 5.73 Å². The van der Waals surface area contributed by atoms with Crippen molar-refractivity contribution < 1.29 is 4.79 Å². The van der Waals surface area contributed by atoms with Gasteiger partial charge in [-0.25, -0.2) is 0 Å². The van der Waals surface area contributed by atoms with Crippen molar-refractivity contribution in [1.29, 1.82) is 0 Å². The number of rotatable bonds is 2. The van der Waals surface area contributed by atoms with E-state index >= 15 is 0 Å². The van der Waals surface area contributed by atoms with Gasteiger partial charge in [0, 0.05) is 30.1 Å². The predicted octanol–water partition coefficient (Wildman–Crippen LogP) is 3.36. The molecule has 0 bridgehead atoms. The third-order valence-electron chi connectivity index (χ3n) is 3.84. The number of hydrogen-bond acceptors (Lipinski definition) is 3. The second-order valence-corrected chi connectivity index (χ2v) is 6.82. The molecule has 2 atom stereocenters. The Balaban J connectivity index is 1.78. The van der Waals surface area contributed by atoms with Crippen molar-refractivity contribution in [3.63, 3.8) is 0 Å². The zero-order valence-electron chi connectivity index (χ0n) is 11.5. The monoisotopic (exact) mass is 320 g/mol. The summed E-state index contributed by atoms with van der Waals surface area (Å²) in [6.07, 6.45) is 0.899. The Bertz CT molecular complexity index is 612. The number of carbonyl (C=O) groups excluding carboxylic acids is 1. The molecule has 3 rings (SSSR count). The Kier molecular flexibility index (Phi) is 4.29. The summed E-state index contributed by atoms with van der Waals surface area (Å²) < 4.78 is 0. The molecule has 1 aromatic carbocycles. The van der Waals surface area contributed by atoms with Crippen LogP contribution in [0.1, 0.15) is 27.6 Å². The Labute approximate surface area is 133 Å². The largest absolute Gasteiger partial charge is 0.336 e. The molecule has 0 radical (unpaired) electrons. The summed E-state index contributed by atoms with van der Waals surface area (Å²) in [6, 6.07) is 11.6. The molecule has 2 heterocycles. The van der Waals surface area contributed by atoms with Crippen LogP contribution in [0.15, 0.2) is 41.8 Å². The van der Waals surface area contributed by atoms with Gasteiger partial charge in [-0.15, -0.1) is 11.3 Å². The lowest BCUT2D eigenvalue weighted by Gasteiger charge is -2.36. The summed E-state index contributed by atoms with van der Waals surface area (Å²) in [5.74, 6) is 0.356. The van der Waals surface area contributed by atoms with Crippen molar-refractivity contribution in [2.24, 2.45) is 5.73 Å². The number of carbonyl (C=O) groups is 1. The van der Waals surface area contributed by atoms with E-state index in [1.165, 1.54) is 16.9 Å². The lowest BCUT2D eigenvalue weighted by molar-refractivity contribution is 0.0694. The summed E-state index contributed by atoms with van der Waals surface area (Å²) in [4.78, 5) is 15.1. The molecule has 110 valence electrons. The Morgan fingerprint density at radius 2 is 2.00 bits per heavy atom. The molecular weight excluding hydrogens is 304 g/mol. The van der Waals surface area contributed by atoms with E-state index in [1.54, 1.807) is 0 Å². The molecule has 2 aromatic rings. The van der Waals surface area contributed by atoms with Gasteiger partial charge in [0.15, 0.2) is 0 Å². The molecule has 0 aliphatic carbocycles. The van der Waals surface area contributed by atoms with E-state index in [2.05, 4.69) is 0 Å². The first kappa shape index (κ1) is 14.6. The number of piperidine rings is 1. The van der Waals surface area contributed by atoms with Gasteiger partial charge in [0.1, 0.15) is 0 Å². The van der Waals surface area contributed by atoms with Crippen molar-refractivity contribution in [3.05, 3.63) is 57.2 Å². The highest BCUT2D eigenvalue weighted by atomic mass is 35.5. The Hall–Kier alpha value is -1.36. The molecule has 1 fully saturated rings. The topological polar surface area (TPSA) is 46.3 Å². The van der Waals surface area contributed by atoms with Crippen molar-refractivity contribution in [2.45, 2.75) is 18.4 Å². The second kappa shape index (κ2) is 6.18. The highest BCUT2D eigenvalue weighted by Crippen LogP contribution is 2.28. The zero-order valence-corrected chi connectivity index (χ0v) is 13.1. The quantitative estimate of drug-likeness (QED) is 0.922. The van der Waals surface area contributed by atoms with E-state index in [9.17, 15) is 4.79 Å². The summed E-state index contributed by atoms with van der Waals surface area (Å²) in [5, 5.41) is 2.65. The van der Waals surface area contributed by atoms with Crippen LogP contribution in [0.5, 0.6) is 0 Å². The lowest BCUT2D eigenvalue weighted by Crippen LogP contribution is -2.48. The normalized spacial score (nSPS) is 22.3. The van der Waals surface area contributed by atoms with E-state index in [4.69, 9.17) is 17.3 Å². The number of halogens is 1. The summed E-state index contributed by atoms with van der Waals surface area (Å²) in [7, 11) is 0. The average Bonchev–Trinajstić information content (AvgIpc) is 3.00. The molecule has 0 spiro atoms. The minimum Gasteiger partial charge on any atom is -0.336 e. The number of nitrogens with two attached hydrogens (primary N) is 1. The molecule has 2 N–H and O–H groups in total. The first-order valence-electron chi connectivity index (χ1n) is 6.97.